The summed E-state index contributed by atoms with van der Waals surface area (Å²) in [7, 11) is 0. The van der Waals surface area contributed by atoms with Gasteiger partial charge in [0.1, 0.15) is 18.1 Å². The second-order valence-electron chi connectivity index (χ2n) is 6.66. The Morgan fingerprint density at radius 2 is 1.70 bits per heavy atom. The molecule has 3 aromatic carbocycles. The molecule has 1 heterocycles. The van der Waals surface area contributed by atoms with Gasteiger partial charge in [0.15, 0.2) is 5.76 Å². The van der Waals surface area contributed by atoms with Crippen LogP contribution in [0.3, 0.4) is 0 Å². The van der Waals surface area contributed by atoms with Crippen LogP contribution in [-0.4, -0.2) is 5.78 Å². The Labute approximate surface area is 193 Å². The Bertz CT molecular complexity index is 1180. The summed E-state index contributed by atoms with van der Waals surface area (Å²) < 4.78 is 11.8. The van der Waals surface area contributed by atoms with Crippen LogP contribution in [0.1, 0.15) is 27.0 Å². The molecular formula is C23H14Cl4O3. The fourth-order valence-corrected chi connectivity index (χ4v) is 4.07. The van der Waals surface area contributed by atoms with Crippen molar-refractivity contribution in [2.45, 2.75) is 13.5 Å². The first-order valence-electron chi connectivity index (χ1n) is 8.93. The minimum atomic E-state index is -0.222. The van der Waals surface area contributed by atoms with E-state index in [1.807, 2.05) is 6.92 Å². The molecule has 1 aliphatic heterocycles. The first-order valence-corrected chi connectivity index (χ1v) is 10.4. The second kappa shape index (κ2) is 8.52. The highest BCUT2D eigenvalue weighted by Gasteiger charge is 2.30. The molecule has 152 valence electrons. The first kappa shape index (κ1) is 21.1. The minimum Gasteiger partial charge on any atom is -0.488 e. The van der Waals surface area contributed by atoms with Crippen LogP contribution in [0.5, 0.6) is 11.5 Å². The summed E-state index contributed by atoms with van der Waals surface area (Å²) in [5.74, 6) is 0.992. The summed E-state index contributed by atoms with van der Waals surface area (Å²) in [6.45, 7) is 2.02. The Hall–Kier alpha value is -2.17. The van der Waals surface area contributed by atoms with Crippen molar-refractivity contribution >= 4 is 58.3 Å². The van der Waals surface area contributed by atoms with Gasteiger partial charge < -0.3 is 9.47 Å². The van der Waals surface area contributed by atoms with Gasteiger partial charge in [0.05, 0.1) is 5.56 Å². The standard InChI is InChI=1S/C23H14Cl4O3/c1-12-20(29-11-16-17(25)3-2-4-18(16)26)8-7-15-22(28)21(30-23(12)15)9-13-5-6-14(24)10-19(13)27/h2-10H,11H2,1H3/b21-9-. The van der Waals surface area contributed by atoms with Crippen LogP contribution in [0.15, 0.2) is 54.3 Å². The number of ketones is 1. The van der Waals surface area contributed by atoms with Gasteiger partial charge in [0.25, 0.3) is 0 Å². The lowest BCUT2D eigenvalue weighted by molar-refractivity contribution is 0.101. The lowest BCUT2D eigenvalue weighted by Crippen LogP contribution is -2.00. The number of Topliss-reactive ketones (excluding diaryl/α,β-unsaturated/α-hetero) is 1. The maximum Gasteiger partial charge on any atom is 0.231 e. The van der Waals surface area contributed by atoms with E-state index in [1.54, 1.807) is 54.6 Å². The van der Waals surface area contributed by atoms with Crippen LogP contribution in [0, 0.1) is 6.92 Å². The molecule has 0 amide bonds. The second-order valence-corrected chi connectivity index (χ2v) is 8.32. The van der Waals surface area contributed by atoms with Crippen molar-refractivity contribution in [3.8, 4) is 11.5 Å². The Morgan fingerprint density at radius 3 is 2.40 bits per heavy atom. The van der Waals surface area contributed by atoms with Gasteiger partial charge in [-0.3, -0.25) is 4.79 Å². The smallest absolute Gasteiger partial charge is 0.231 e. The average molecular weight is 480 g/mol. The summed E-state index contributed by atoms with van der Waals surface area (Å²) in [4.78, 5) is 12.8. The number of carbonyl (C=O) groups is 1. The third-order valence-electron chi connectivity index (χ3n) is 4.72. The van der Waals surface area contributed by atoms with Gasteiger partial charge in [-0.1, -0.05) is 58.5 Å². The van der Waals surface area contributed by atoms with Gasteiger partial charge in [-0.15, -0.1) is 0 Å². The Morgan fingerprint density at radius 1 is 0.967 bits per heavy atom. The van der Waals surface area contributed by atoms with Crippen molar-refractivity contribution in [3.63, 3.8) is 0 Å². The van der Waals surface area contributed by atoms with Crippen LogP contribution in [0.4, 0.5) is 0 Å². The lowest BCUT2D eigenvalue weighted by atomic mass is 10.1. The van der Waals surface area contributed by atoms with Gasteiger partial charge in [-0.2, -0.15) is 0 Å². The predicted molar refractivity (Wildman–Crippen MR) is 121 cm³/mol. The molecule has 0 aromatic heterocycles. The number of hydrogen-bond acceptors (Lipinski definition) is 3. The van der Waals surface area contributed by atoms with Crippen LogP contribution in [0.25, 0.3) is 6.08 Å². The molecule has 0 fully saturated rings. The summed E-state index contributed by atoms with van der Waals surface area (Å²) >= 11 is 24.6. The van der Waals surface area contributed by atoms with E-state index in [2.05, 4.69) is 0 Å². The fourth-order valence-electron chi connectivity index (χ4n) is 3.10. The van der Waals surface area contributed by atoms with Crippen LogP contribution >= 0.6 is 46.4 Å². The molecule has 0 saturated carbocycles. The third-order valence-corrected chi connectivity index (χ3v) is 5.99. The van der Waals surface area contributed by atoms with E-state index >= 15 is 0 Å². The van der Waals surface area contributed by atoms with Crippen molar-refractivity contribution in [3.05, 3.63) is 96.6 Å². The van der Waals surface area contributed by atoms with Crippen molar-refractivity contribution in [2.24, 2.45) is 0 Å². The Kier molecular flexibility index (Phi) is 5.99. The number of hydrogen-bond donors (Lipinski definition) is 0. The van der Waals surface area contributed by atoms with Gasteiger partial charge in [0.2, 0.25) is 5.78 Å². The molecule has 0 saturated heterocycles. The highest BCUT2D eigenvalue weighted by molar-refractivity contribution is 6.36. The quantitative estimate of drug-likeness (QED) is 0.358. The van der Waals surface area contributed by atoms with Crippen molar-refractivity contribution in [1.29, 1.82) is 0 Å². The highest BCUT2D eigenvalue weighted by Crippen LogP contribution is 2.40. The van der Waals surface area contributed by atoms with Gasteiger partial charge in [-0.05, 0) is 55.0 Å². The maximum atomic E-state index is 12.8. The van der Waals surface area contributed by atoms with E-state index in [1.165, 1.54) is 0 Å². The van der Waals surface area contributed by atoms with E-state index in [9.17, 15) is 4.79 Å². The molecule has 0 bridgehead atoms. The topological polar surface area (TPSA) is 35.5 Å². The normalized spacial score (nSPS) is 14.0. The molecule has 1 aliphatic rings. The molecule has 0 spiro atoms. The highest BCUT2D eigenvalue weighted by atomic mass is 35.5. The minimum absolute atomic E-state index is 0.184. The van der Waals surface area contributed by atoms with Gasteiger partial charge in [-0.25, -0.2) is 0 Å². The molecule has 0 N–H and O–H groups in total. The number of fused-ring (bicyclic) bond motifs is 1. The van der Waals surface area contributed by atoms with E-state index < -0.39 is 0 Å². The molecule has 0 unspecified atom stereocenters. The van der Waals surface area contributed by atoms with Gasteiger partial charge >= 0.3 is 0 Å². The number of ether oxygens (including phenoxy) is 2. The maximum absolute atomic E-state index is 12.8. The number of rotatable bonds is 4. The van der Waals surface area contributed by atoms with Crippen LogP contribution in [0.2, 0.25) is 20.1 Å². The monoisotopic (exact) mass is 478 g/mol. The molecule has 4 rings (SSSR count). The third kappa shape index (κ3) is 4.03. The number of allylic oxidation sites excluding steroid dienone is 1. The molecule has 30 heavy (non-hydrogen) atoms. The first-order chi connectivity index (χ1) is 14.3. The molecule has 3 nitrogen and oxygen atoms in total. The number of halogens is 4. The zero-order valence-corrected chi connectivity index (χ0v) is 18.7. The molecular weight excluding hydrogens is 466 g/mol. The SMILES string of the molecule is Cc1c(OCc2c(Cl)cccc2Cl)ccc2c1O/C(=C\c1ccc(Cl)cc1Cl)C2=O. The summed E-state index contributed by atoms with van der Waals surface area (Å²) in [5.41, 5.74) is 2.50. The molecule has 0 aliphatic carbocycles. The molecule has 3 aromatic rings. The zero-order valence-electron chi connectivity index (χ0n) is 15.6. The van der Waals surface area contributed by atoms with Crippen LogP contribution in [-0.2, 0) is 6.61 Å². The summed E-state index contributed by atoms with van der Waals surface area (Å²) in [6, 6.07) is 13.7. The van der Waals surface area contributed by atoms with E-state index in [4.69, 9.17) is 55.9 Å². The largest absolute Gasteiger partial charge is 0.488 e. The fraction of sp³-hybridized carbons (Fsp3) is 0.0870. The molecule has 0 atom stereocenters. The summed E-state index contributed by atoms with van der Waals surface area (Å²) in [6.07, 6.45) is 1.60. The molecule has 0 radical (unpaired) electrons. The summed E-state index contributed by atoms with van der Waals surface area (Å²) in [5, 5.41) is 2.00. The van der Waals surface area contributed by atoms with Crippen molar-refractivity contribution in [1.82, 2.24) is 0 Å². The van der Waals surface area contributed by atoms with E-state index in [-0.39, 0.29) is 18.1 Å². The van der Waals surface area contributed by atoms with Crippen molar-refractivity contribution in [2.75, 3.05) is 0 Å². The average Bonchev–Trinajstić information content (AvgIpc) is 3.02. The predicted octanol–water partition coefficient (Wildman–Crippen LogP) is 7.80. The number of carbonyl (C=O) groups excluding carboxylic acids is 1. The van der Waals surface area contributed by atoms with E-state index in [0.717, 1.165) is 0 Å². The van der Waals surface area contributed by atoms with Gasteiger partial charge in [0, 0.05) is 31.2 Å². The van der Waals surface area contributed by atoms with Crippen molar-refractivity contribution < 1.29 is 14.3 Å². The zero-order chi connectivity index (χ0) is 21.4. The number of benzene rings is 3. The lowest BCUT2D eigenvalue weighted by Gasteiger charge is -2.13. The Balaban J connectivity index is 1.61. The van der Waals surface area contributed by atoms with E-state index in [0.29, 0.717) is 53.8 Å². The van der Waals surface area contributed by atoms with Crippen LogP contribution < -0.4 is 9.47 Å². The molecule has 7 heteroatoms.